The number of hydrogen-bond acceptors (Lipinski definition) is 7. The summed E-state index contributed by atoms with van der Waals surface area (Å²) in [4.78, 5) is 19.1. The summed E-state index contributed by atoms with van der Waals surface area (Å²) in [5.41, 5.74) is 6.05. The Labute approximate surface area is 176 Å². The van der Waals surface area contributed by atoms with Gasteiger partial charge in [0.15, 0.2) is 5.82 Å². The summed E-state index contributed by atoms with van der Waals surface area (Å²) >= 11 is 7.60. The topological polar surface area (TPSA) is 101 Å². The van der Waals surface area contributed by atoms with E-state index in [2.05, 4.69) is 16.2 Å². The van der Waals surface area contributed by atoms with Crippen molar-refractivity contribution in [1.82, 2.24) is 14.8 Å². The third kappa shape index (κ3) is 3.38. The number of halogens is 4. The molecule has 30 heavy (non-hydrogen) atoms. The molecule has 4 rings (SSSR count). The summed E-state index contributed by atoms with van der Waals surface area (Å²) in [7, 11) is 0. The lowest BCUT2D eigenvalue weighted by Gasteiger charge is -2.29. The Bertz CT molecular complexity index is 1230. The van der Waals surface area contributed by atoms with Crippen molar-refractivity contribution >= 4 is 33.6 Å². The molecule has 1 aliphatic rings. The van der Waals surface area contributed by atoms with E-state index in [1.165, 1.54) is 17.5 Å². The van der Waals surface area contributed by atoms with Gasteiger partial charge < -0.3 is 10.6 Å². The Hall–Kier alpha value is -3.10. The molecule has 0 aliphatic carbocycles. The van der Waals surface area contributed by atoms with E-state index in [9.17, 15) is 23.2 Å². The fourth-order valence-corrected chi connectivity index (χ4v) is 4.57. The Kier molecular flexibility index (Phi) is 4.91. The first kappa shape index (κ1) is 20.2. The number of nitrogen functional groups attached to an aromatic ring is 1. The van der Waals surface area contributed by atoms with Crippen molar-refractivity contribution in [3.05, 3.63) is 61.5 Å². The molecule has 0 bridgehead atoms. The van der Waals surface area contributed by atoms with Crippen molar-refractivity contribution in [2.24, 2.45) is 0 Å². The van der Waals surface area contributed by atoms with Crippen molar-refractivity contribution in [2.45, 2.75) is 19.1 Å². The molecule has 0 saturated carbocycles. The van der Waals surface area contributed by atoms with Crippen LogP contribution in [0.3, 0.4) is 0 Å². The zero-order chi connectivity index (χ0) is 21.6. The van der Waals surface area contributed by atoms with Crippen LogP contribution in [0.1, 0.15) is 21.6 Å². The lowest BCUT2D eigenvalue weighted by molar-refractivity contribution is -0.137. The number of hydrogen-bond donors (Lipinski definition) is 1. The van der Waals surface area contributed by atoms with E-state index in [0.29, 0.717) is 42.0 Å². The van der Waals surface area contributed by atoms with Crippen molar-refractivity contribution in [1.29, 1.82) is 5.26 Å². The third-order valence-corrected chi connectivity index (χ3v) is 6.13. The number of fused-ring (bicyclic) bond motifs is 1. The molecule has 0 atom stereocenters. The van der Waals surface area contributed by atoms with Crippen LogP contribution in [0.4, 0.5) is 23.9 Å². The van der Waals surface area contributed by atoms with Gasteiger partial charge >= 0.3 is 6.18 Å². The average Bonchev–Trinajstić information content (AvgIpc) is 3.03. The molecule has 154 valence electrons. The summed E-state index contributed by atoms with van der Waals surface area (Å²) in [6.07, 6.45) is -1.97. The summed E-state index contributed by atoms with van der Waals surface area (Å²) in [5.74, 6) is -0.0768. The average molecular weight is 453 g/mol. The lowest BCUT2D eigenvalue weighted by Crippen LogP contribution is -2.33. The summed E-state index contributed by atoms with van der Waals surface area (Å²) in [6.45, 7) is 0.913. The van der Waals surface area contributed by atoms with Gasteiger partial charge in [-0.3, -0.25) is 4.79 Å². The van der Waals surface area contributed by atoms with Crippen LogP contribution in [0, 0.1) is 11.3 Å². The molecule has 1 aliphatic heterocycles. The first-order chi connectivity index (χ1) is 14.2. The molecule has 3 aromatic rings. The number of anilines is 2. The predicted molar refractivity (Wildman–Crippen MR) is 106 cm³/mol. The highest BCUT2D eigenvalue weighted by molar-refractivity contribution is 7.16. The standard InChI is InChI=1S/C18H12ClF3N6OS/c19-15-12(27-4-3-10-11(5-23)16(24)30-13(10)8-27)7-26-28(17(15)29)14-2-1-9(6-25-14)18(20,21)22/h1-2,6-7H,3-4,8,24H2. The van der Waals surface area contributed by atoms with Crippen LogP contribution in [-0.4, -0.2) is 21.3 Å². The van der Waals surface area contributed by atoms with Gasteiger partial charge in [0.05, 0.1) is 29.6 Å². The SMILES string of the molecule is N#Cc1c(N)sc2c1CCN(c1cnn(-c3ccc(C(F)(F)F)cn3)c(=O)c1Cl)C2. The molecule has 12 heteroatoms. The third-order valence-electron chi connectivity index (χ3n) is 4.73. The van der Waals surface area contributed by atoms with Gasteiger partial charge in [-0.15, -0.1) is 11.3 Å². The van der Waals surface area contributed by atoms with Gasteiger partial charge in [-0.25, -0.2) is 4.98 Å². The van der Waals surface area contributed by atoms with E-state index in [-0.39, 0.29) is 10.8 Å². The molecule has 0 unspecified atom stereocenters. The highest BCUT2D eigenvalue weighted by atomic mass is 35.5. The van der Waals surface area contributed by atoms with Crippen molar-refractivity contribution in [3.8, 4) is 11.9 Å². The van der Waals surface area contributed by atoms with Crippen LogP contribution in [0.15, 0.2) is 29.3 Å². The Balaban J connectivity index is 1.65. The number of nitrogens with zero attached hydrogens (tertiary/aromatic N) is 5. The van der Waals surface area contributed by atoms with Crippen LogP contribution < -0.4 is 16.2 Å². The normalized spacial score (nSPS) is 13.8. The molecule has 0 saturated heterocycles. The van der Waals surface area contributed by atoms with Crippen LogP contribution in [0.5, 0.6) is 0 Å². The number of nitriles is 1. The van der Waals surface area contributed by atoms with Crippen molar-refractivity contribution in [2.75, 3.05) is 17.2 Å². The first-order valence-electron chi connectivity index (χ1n) is 8.57. The predicted octanol–water partition coefficient (Wildman–Crippen LogP) is 3.38. The minimum absolute atomic E-state index is 0.0768. The molecule has 0 spiro atoms. The van der Waals surface area contributed by atoms with E-state index in [1.54, 1.807) is 0 Å². The number of thiophene rings is 1. The molecule has 3 aromatic heterocycles. The fourth-order valence-electron chi connectivity index (χ4n) is 3.24. The molecule has 7 nitrogen and oxygen atoms in total. The number of nitrogens with two attached hydrogens (primary N) is 1. The number of rotatable bonds is 2. The van der Waals surface area contributed by atoms with Gasteiger partial charge in [-0.05, 0) is 24.1 Å². The second-order valence-corrected chi connectivity index (χ2v) is 8.00. The van der Waals surface area contributed by atoms with E-state index < -0.39 is 17.3 Å². The van der Waals surface area contributed by atoms with E-state index in [0.717, 1.165) is 27.3 Å². The minimum atomic E-state index is -4.53. The maximum absolute atomic E-state index is 12.7. The highest BCUT2D eigenvalue weighted by Gasteiger charge is 2.31. The van der Waals surface area contributed by atoms with Crippen molar-refractivity contribution in [3.63, 3.8) is 0 Å². The van der Waals surface area contributed by atoms with Gasteiger partial charge in [0, 0.05) is 17.6 Å². The molecule has 0 radical (unpaired) electrons. The maximum Gasteiger partial charge on any atom is 0.417 e. The van der Waals surface area contributed by atoms with Gasteiger partial charge in [0.25, 0.3) is 5.56 Å². The monoisotopic (exact) mass is 452 g/mol. The van der Waals surface area contributed by atoms with Crippen LogP contribution in [-0.2, 0) is 19.1 Å². The molecule has 0 fully saturated rings. The van der Waals surface area contributed by atoms with Crippen LogP contribution in [0.25, 0.3) is 5.82 Å². The second kappa shape index (κ2) is 7.30. The fraction of sp³-hybridized carbons (Fsp3) is 0.222. The van der Waals surface area contributed by atoms with Gasteiger partial charge in [0.1, 0.15) is 16.1 Å². The maximum atomic E-state index is 12.7. The highest BCUT2D eigenvalue weighted by Crippen LogP contribution is 2.37. The number of pyridine rings is 1. The van der Waals surface area contributed by atoms with Gasteiger partial charge in [0.2, 0.25) is 0 Å². The number of aromatic nitrogens is 3. The molecule has 0 amide bonds. The first-order valence-corrected chi connectivity index (χ1v) is 9.76. The quantitative estimate of drug-likeness (QED) is 0.639. The zero-order valence-corrected chi connectivity index (χ0v) is 16.6. The zero-order valence-electron chi connectivity index (χ0n) is 15.1. The van der Waals surface area contributed by atoms with Crippen LogP contribution in [0.2, 0.25) is 5.02 Å². The lowest BCUT2D eigenvalue weighted by atomic mass is 10.0. The Morgan fingerprint density at radius 1 is 1.30 bits per heavy atom. The van der Waals surface area contributed by atoms with E-state index in [4.69, 9.17) is 17.3 Å². The summed E-state index contributed by atoms with van der Waals surface area (Å²) < 4.78 is 39.0. The summed E-state index contributed by atoms with van der Waals surface area (Å²) in [5, 5.41) is 13.6. The smallest absolute Gasteiger partial charge is 0.389 e. The van der Waals surface area contributed by atoms with Crippen molar-refractivity contribution < 1.29 is 13.2 Å². The molecular formula is C18H12ClF3N6OS. The largest absolute Gasteiger partial charge is 0.417 e. The second-order valence-electron chi connectivity index (χ2n) is 6.49. The Morgan fingerprint density at radius 3 is 2.70 bits per heavy atom. The number of alkyl halides is 3. The van der Waals surface area contributed by atoms with Gasteiger partial charge in [-0.1, -0.05) is 11.6 Å². The Morgan fingerprint density at radius 2 is 2.07 bits per heavy atom. The van der Waals surface area contributed by atoms with Crippen LogP contribution >= 0.6 is 22.9 Å². The summed E-state index contributed by atoms with van der Waals surface area (Å²) in [6, 6.07) is 3.99. The van der Waals surface area contributed by atoms with Gasteiger partial charge in [-0.2, -0.15) is 28.2 Å². The molecule has 4 heterocycles. The molecule has 0 aromatic carbocycles. The van der Waals surface area contributed by atoms with E-state index in [1.807, 2.05) is 4.90 Å². The van der Waals surface area contributed by atoms with E-state index >= 15 is 0 Å². The minimum Gasteiger partial charge on any atom is -0.389 e. The molecule has 2 N–H and O–H groups in total. The molecular weight excluding hydrogens is 441 g/mol.